The van der Waals surface area contributed by atoms with Gasteiger partial charge in [-0.2, -0.15) is 0 Å². The van der Waals surface area contributed by atoms with Gasteiger partial charge in [-0.1, -0.05) is 42.5 Å². The summed E-state index contributed by atoms with van der Waals surface area (Å²) in [4.78, 5) is 12.1. The standard InChI is InChI=1S/C27H23FO5/c1-32-27-16-20(8-15-26(27)31)5-12-24(30)17-23(29)11-4-19-6-13-25(14-7-19)33-18-21-2-9-22(28)10-3-21/h2-17,30-31H,18H2,1H3/b11-4+,12-5+,24-17?. The fourth-order valence-corrected chi connectivity index (χ4v) is 2.82. The predicted octanol–water partition coefficient (Wildman–Crippen LogP) is 5.86. The van der Waals surface area contributed by atoms with Crippen molar-refractivity contribution in [3.05, 3.63) is 113 Å². The van der Waals surface area contributed by atoms with Crippen LogP contribution in [0.4, 0.5) is 4.39 Å². The first-order valence-electron chi connectivity index (χ1n) is 10.1. The van der Waals surface area contributed by atoms with Gasteiger partial charge in [-0.3, -0.25) is 4.79 Å². The van der Waals surface area contributed by atoms with Gasteiger partial charge in [-0.05, 0) is 65.2 Å². The van der Waals surface area contributed by atoms with E-state index in [1.165, 1.54) is 37.5 Å². The number of allylic oxidation sites excluding steroid dienone is 3. The Morgan fingerprint density at radius 3 is 2.30 bits per heavy atom. The zero-order chi connectivity index (χ0) is 23.6. The zero-order valence-electron chi connectivity index (χ0n) is 17.9. The lowest BCUT2D eigenvalue weighted by Crippen LogP contribution is -1.95. The zero-order valence-corrected chi connectivity index (χ0v) is 17.9. The van der Waals surface area contributed by atoms with Crippen LogP contribution in [-0.2, 0) is 11.4 Å². The largest absolute Gasteiger partial charge is 0.508 e. The van der Waals surface area contributed by atoms with Gasteiger partial charge in [-0.15, -0.1) is 0 Å². The number of benzene rings is 3. The van der Waals surface area contributed by atoms with E-state index < -0.39 is 0 Å². The van der Waals surface area contributed by atoms with Crippen molar-refractivity contribution in [2.24, 2.45) is 0 Å². The van der Waals surface area contributed by atoms with Crippen LogP contribution in [0.1, 0.15) is 16.7 Å². The Bertz CT molecular complexity index is 1180. The lowest BCUT2D eigenvalue weighted by Gasteiger charge is -2.06. The third kappa shape index (κ3) is 7.40. The minimum atomic E-state index is -0.378. The summed E-state index contributed by atoms with van der Waals surface area (Å²) in [6, 6.07) is 18.0. The summed E-state index contributed by atoms with van der Waals surface area (Å²) in [5.74, 6) is 0.102. The Morgan fingerprint density at radius 1 is 0.939 bits per heavy atom. The van der Waals surface area contributed by atoms with E-state index in [9.17, 15) is 19.4 Å². The van der Waals surface area contributed by atoms with Gasteiger partial charge >= 0.3 is 0 Å². The maximum atomic E-state index is 12.9. The van der Waals surface area contributed by atoms with Crippen molar-refractivity contribution in [3.8, 4) is 17.2 Å². The molecule has 0 heterocycles. The Morgan fingerprint density at radius 2 is 1.61 bits per heavy atom. The molecule has 0 spiro atoms. The van der Waals surface area contributed by atoms with Crippen molar-refractivity contribution >= 4 is 17.9 Å². The fraction of sp³-hybridized carbons (Fsp3) is 0.0741. The molecule has 2 N–H and O–H groups in total. The van der Waals surface area contributed by atoms with Gasteiger partial charge < -0.3 is 19.7 Å². The summed E-state index contributed by atoms with van der Waals surface area (Å²) >= 11 is 0. The topological polar surface area (TPSA) is 76.0 Å². The van der Waals surface area contributed by atoms with Crippen molar-refractivity contribution in [2.45, 2.75) is 6.61 Å². The van der Waals surface area contributed by atoms with Crippen LogP contribution in [0.15, 0.2) is 90.7 Å². The van der Waals surface area contributed by atoms with E-state index in [0.717, 1.165) is 17.2 Å². The highest BCUT2D eigenvalue weighted by atomic mass is 19.1. The number of ether oxygens (including phenoxy) is 2. The van der Waals surface area contributed by atoms with Gasteiger partial charge in [0.1, 0.15) is 23.9 Å². The number of carbonyl (C=O) groups is 1. The van der Waals surface area contributed by atoms with E-state index in [-0.39, 0.29) is 23.1 Å². The molecular formula is C27H23FO5. The predicted molar refractivity (Wildman–Crippen MR) is 126 cm³/mol. The number of carbonyl (C=O) groups excluding carboxylic acids is 1. The minimum absolute atomic E-state index is 0.0159. The normalized spacial score (nSPS) is 11.8. The summed E-state index contributed by atoms with van der Waals surface area (Å²) < 4.78 is 23.6. The van der Waals surface area contributed by atoms with Crippen molar-refractivity contribution in [3.63, 3.8) is 0 Å². The maximum Gasteiger partial charge on any atom is 0.182 e. The molecule has 0 aromatic heterocycles. The molecule has 0 saturated heterocycles. The first-order chi connectivity index (χ1) is 15.9. The smallest absolute Gasteiger partial charge is 0.182 e. The maximum absolute atomic E-state index is 12.9. The number of hydrogen-bond acceptors (Lipinski definition) is 5. The second-order valence-electron chi connectivity index (χ2n) is 7.05. The summed E-state index contributed by atoms with van der Waals surface area (Å²) in [6.07, 6.45) is 7.05. The molecule has 0 saturated carbocycles. The van der Waals surface area contributed by atoms with Crippen LogP contribution in [0.5, 0.6) is 17.2 Å². The van der Waals surface area contributed by atoms with Gasteiger partial charge in [-0.25, -0.2) is 4.39 Å². The molecule has 0 aliphatic carbocycles. The van der Waals surface area contributed by atoms with Gasteiger partial charge in [0.15, 0.2) is 17.3 Å². The molecule has 168 valence electrons. The van der Waals surface area contributed by atoms with Crippen molar-refractivity contribution < 1.29 is 28.9 Å². The molecule has 6 heteroatoms. The van der Waals surface area contributed by atoms with E-state index in [2.05, 4.69) is 0 Å². The molecule has 0 aliphatic rings. The molecule has 0 radical (unpaired) electrons. The molecule has 0 aliphatic heterocycles. The monoisotopic (exact) mass is 446 g/mol. The van der Waals surface area contributed by atoms with Crippen LogP contribution in [0, 0.1) is 5.82 Å². The molecule has 0 fully saturated rings. The average Bonchev–Trinajstić information content (AvgIpc) is 2.82. The number of hydrogen-bond donors (Lipinski definition) is 2. The Hall–Kier alpha value is -4.32. The summed E-state index contributed by atoms with van der Waals surface area (Å²) in [5.41, 5.74) is 2.34. The average molecular weight is 446 g/mol. The van der Waals surface area contributed by atoms with Crippen LogP contribution in [-0.4, -0.2) is 23.1 Å². The van der Waals surface area contributed by atoms with Crippen molar-refractivity contribution in [1.29, 1.82) is 0 Å². The van der Waals surface area contributed by atoms with Crippen molar-refractivity contribution in [2.75, 3.05) is 7.11 Å². The number of aromatic hydroxyl groups is 1. The van der Waals surface area contributed by atoms with Crippen LogP contribution >= 0.6 is 0 Å². The first-order valence-corrected chi connectivity index (χ1v) is 10.1. The van der Waals surface area contributed by atoms with Gasteiger partial charge in [0.2, 0.25) is 0 Å². The quantitative estimate of drug-likeness (QED) is 0.245. The van der Waals surface area contributed by atoms with E-state index in [1.54, 1.807) is 60.7 Å². The Labute approximate surface area is 191 Å². The summed E-state index contributed by atoms with van der Waals surface area (Å²) in [7, 11) is 1.44. The van der Waals surface area contributed by atoms with E-state index in [4.69, 9.17) is 9.47 Å². The Kier molecular flexibility index (Phi) is 8.02. The second kappa shape index (κ2) is 11.3. The second-order valence-corrected chi connectivity index (χ2v) is 7.05. The van der Waals surface area contributed by atoms with E-state index in [0.29, 0.717) is 23.7 Å². The summed E-state index contributed by atoms with van der Waals surface area (Å²) in [5, 5.41) is 19.6. The highest BCUT2D eigenvalue weighted by molar-refractivity contribution is 6.02. The number of methoxy groups -OCH3 is 1. The highest BCUT2D eigenvalue weighted by Gasteiger charge is 2.01. The number of halogens is 1. The number of phenolic OH excluding ortho intramolecular Hbond substituents is 1. The number of phenols is 1. The summed E-state index contributed by atoms with van der Waals surface area (Å²) in [6.45, 7) is 0.322. The van der Waals surface area contributed by atoms with Gasteiger partial charge in [0.25, 0.3) is 0 Å². The third-order valence-corrected chi connectivity index (χ3v) is 4.58. The minimum Gasteiger partial charge on any atom is -0.508 e. The first kappa shape index (κ1) is 23.3. The number of ketones is 1. The number of aliphatic hydroxyl groups is 1. The molecule has 33 heavy (non-hydrogen) atoms. The lowest BCUT2D eigenvalue weighted by molar-refractivity contribution is -0.110. The Balaban J connectivity index is 1.53. The van der Waals surface area contributed by atoms with Gasteiger partial charge in [0, 0.05) is 6.08 Å². The molecule has 5 nitrogen and oxygen atoms in total. The lowest BCUT2D eigenvalue weighted by atomic mass is 10.1. The third-order valence-electron chi connectivity index (χ3n) is 4.58. The number of aliphatic hydroxyl groups excluding tert-OH is 1. The van der Waals surface area contributed by atoms with E-state index in [1.807, 2.05) is 0 Å². The molecule has 0 amide bonds. The molecule has 0 unspecified atom stereocenters. The van der Waals surface area contributed by atoms with E-state index >= 15 is 0 Å². The number of rotatable bonds is 9. The fourth-order valence-electron chi connectivity index (χ4n) is 2.82. The molecule has 3 aromatic rings. The van der Waals surface area contributed by atoms with Gasteiger partial charge in [0.05, 0.1) is 7.11 Å². The molecular weight excluding hydrogens is 423 g/mol. The van der Waals surface area contributed by atoms with Crippen LogP contribution in [0.3, 0.4) is 0 Å². The molecule has 0 bridgehead atoms. The molecule has 3 aromatic carbocycles. The van der Waals surface area contributed by atoms with Crippen LogP contribution in [0.25, 0.3) is 12.2 Å². The van der Waals surface area contributed by atoms with Crippen LogP contribution < -0.4 is 9.47 Å². The van der Waals surface area contributed by atoms with Crippen molar-refractivity contribution in [1.82, 2.24) is 0 Å². The molecule has 0 atom stereocenters. The van der Waals surface area contributed by atoms with Crippen LogP contribution in [0.2, 0.25) is 0 Å². The highest BCUT2D eigenvalue weighted by Crippen LogP contribution is 2.26. The SMILES string of the molecule is COc1cc(/C=C/C(O)=CC(=O)/C=C/c2ccc(OCc3ccc(F)cc3)cc2)ccc1O. The molecule has 3 rings (SSSR count).